The lowest BCUT2D eigenvalue weighted by Gasteiger charge is -2.16. The fourth-order valence-corrected chi connectivity index (χ4v) is 3.09. The third kappa shape index (κ3) is 6.36. The van der Waals surface area contributed by atoms with Gasteiger partial charge in [0, 0.05) is 11.4 Å². The molecule has 0 spiro atoms. The molecule has 20 heavy (non-hydrogen) atoms. The Hall–Kier alpha value is -1.12. The largest absolute Gasteiger partial charge is 0.449 e. The quantitative estimate of drug-likeness (QED) is 0.719. The van der Waals surface area contributed by atoms with E-state index in [0.717, 1.165) is 5.56 Å². The van der Waals surface area contributed by atoms with Gasteiger partial charge in [-0.05, 0) is 18.9 Å². The maximum absolute atomic E-state index is 11.7. The van der Waals surface area contributed by atoms with E-state index in [1.807, 2.05) is 30.3 Å². The molecular formula is C12H17BrN2O4S. The Morgan fingerprint density at radius 1 is 1.35 bits per heavy atom. The third-order valence-corrected chi connectivity index (χ3v) is 4.19. The summed E-state index contributed by atoms with van der Waals surface area (Å²) in [5.41, 5.74) is 0.996. The smallest absolute Gasteiger partial charge is 0.421 e. The van der Waals surface area contributed by atoms with E-state index in [1.165, 1.54) is 0 Å². The molecule has 8 heteroatoms. The summed E-state index contributed by atoms with van der Waals surface area (Å²) >= 11 is 3.25. The Bertz CT molecular complexity index is 522. The molecule has 1 rings (SSSR count). The van der Waals surface area contributed by atoms with Crippen LogP contribution in [0.5, 0.6) is 0 Å². The first-order valence-corrected chi connectivity index (χ1v) is 8.64. The van der Waals surface area contributed by atoms with Crippen molar-refractivity contribution >= 4 is 32.2 Å². The zero-order valence-corrected chi connectivity index (χ0v) is 13.4. The number of rotatable bonds is 7. The highest BCUT2D eigenvalue weighted by Gasteiger charge is 2.20. The van der Waals surface area contributed by atoms with Crippen LogP contribution in [-0.2, 0) is 21.4 Å². The maximum atomic E-state index is 11.7. The number of hydrogen-bond acceptors (Lipinski definition) is 4. The van der Waals surface area contributed by atoms with E-state index in [1.54, 1.807) is 11.6 Å². The highest BCUT2D eigenvalue weighted by molar-refractivity contribution is 9.09. The normalized spacial score (nSPS) is 12.7. The summed E-state index contributed by atoms with van der Waals surface area (Å²) in [4.78, 5) is 11.1. The third-order valence-electron chi connectivity index (χ3n) is 2.33. The van der Waals surface area contributed by atoms with E-state index >= 15 is 0 Å². The van der Waals surface area contributed by atoms with Crippen molar-refractivity contribution in [2.45, 2.75) is 19.4 Å². The average Bonchev–Trinajstić information content (AvgIpc) is 2.38. The molecule has 0 aliphatic carbocycles. The van der Waals surface area contributed by atoms with Crippen molar-refractivity contribution in [3.63, 3.8) is 0 Å². The Morgan fingerprint density at radius 3 is 2.55 bits per heavy atom. The minimum absolute atomic E-state index is 0.104. The van der Waals surface area contributed by atoms with Crippen LogP contribution in [0.3, 0.4) is 0 Å². The molecule has 1 aromatic carbocycles. The highest BCUT2D eigenvalue weighted by Crippen LogP contribution is 2.06. The van der Waals surface area contributed by atoms with Gasteiger partial charge in [-0.15, -0.1) is 0 Å². The molecular weight excluding hydrogens is 348 g/mol. The number of ether oxygens (including phenoxy) is 1. The summed E-state index contributed by atoms with van der Waals surface area (Å²) in [7, 11) is -3.94. The minimum Gasteiger partial charge on any atom is -0.449 e. The number of nitrogens with one attached hydrogen (secondary N) is 2. The highest BCUT2D eigenvalue weighted by atomic mass is 79.9. The summed E-state index contributed by atoms with van der Waals surface area (Å²) in [5.74, 6) is 0. The number of benzene rings is 1. The van der Waals surface area contributed by atoms with E-state index in [4.69, 9.17) is 0 Å². The zero-order chi connectivity index (χ0) is 15.0. The van der Waals surface area contributed by atoms with Gasteiger partial charge in [-0.25, -0.2) is 9.52 Å². The lowest BCUT2D eigenvalue weighted by Crippen LogP contribution is -2.46. The first-order chi connectivity index (χ1) is 9.46. The summed E-state index contributed by atoms with van der Waals surface area (Å²) < 4.78 is 32.2. The molecule has 1 unspecified atom stereocenters. The Kier molecular flexibility index (Phi) is 6.97. The molecule has 0 radical (unpaired) electrons. The molecule has 2 N–H and O–H groups in total. The predicted molar refractivity (Wildman–Crippen MR) is 79.9 cm³/mol. The van der Waals surface area contributed by atoms with Crippen molar-refractivity contribution in [2.24, 2.45) is 0 Å². The lowest BCUT2D eigenvalue weighted by atomic mass is 10.1. The fraction of sp³-hybridized carbons (Fsp3) is 0.417. The van der Waals surface area contributed by atoms with Crippen LogP contribution in [0.4, 0.5) is 4.79 Å². The minimum atomic E-state index is -3.94. The second kappa shape index (κ2) is 8.23. The second-order valence-electron chi connectivity index (χ2n) is 3.98. The molecule has 0 aliphatic heterocycles. The average molecular weight is 365 g/mol. The van der Waals surface area contributed by atoms with E-state index in [0.29, 0.717) is 11.8 Å². The van der Waals surface area contributed by atoms with Crippen molar-refractivity contribution in [2.75, 3.05) is 11.9 Å². The summed E-state index contributed by atoms with van der Waals surface area (Å²) in [6.45, 7) is 1.70. The van der Waals surface area contributed by atoms with Gasteiger partial charge in [0.2, 0.25) is 0 Å². The summed E-state index contributed by atoms with van der Waals surface area (Å²) in [6.07, 6.45) is -0.483. The van der Waals surface area contributed by atoms with Crippen LogP contribution >= 0.6 is 15.9 Å². The van der Waals surface area contributed by atoms with Gasteiger partial charge in [0.25, 0.3) is 0 Å². The molecule has 6 nitrogen and oxygen atoms in total. The Morgan fingerprint density at radius 2 is 2.00 bits per heavy atom. The number of carbonyl (C=O) groups excluding carboxylic acids is 1. The number of carbonyl (C=O) groups is 1. The van der Waals surface area contributed by atoms with Crippen LogP contribution < -0.4 is 9.44 Å². The lowest BCUT2D eigenvalue weighted by molar-refractivity contribution is 0.158. The van der Waals surface area contributed by atoms with E-state index in [-0.39, 0.29) is 12.6 Å². The monoisotopic (exact) mass is 364 g/mol. The maximum Gasteiger partial charge on any atom is 0.421 e. The van der Waals surface area contributed by atoms with Crippen molar-refractivity contribution in [3.05, 3.63) is 35.9 Å². The zero-order valence-electron chi connectivity index (χ0n) is 11.0. The number of hydrogen-bond donors (Lipinski definition) is 2. The Labute approximate surface area is 127 Å². The molecule has 1 amide bonds. The van der Waals surface area contributed by atoms with Crippen LogP contribution in [0.2, 0.25) is 0 Å². The van der Waals surface area contributed by atoms with Gasteiger partial charge < -0.3 is 4.74 Å². The molecule has 1 atom stereocenters. The second-order valence-corrected chi connectivity index (χ2v) is 6.08. The molecule has 0 heterocycles. The molecule has 0 saturated carbocycles. The first-order valence-electron chi connectivity index (χ1n) is 6.03. The van der Waals surface area contributed by atoms with E-state index in [2.05, 4.69) is 25.4 Å². The van der Waals surface area contributed by atoms with E-state index < -0.39 is 16.3 Å². The molecule has 112 valence electrons. The van der Waals surface area contributed by atoms with Crippen molar-refractivity contribution in [3.8, 4) is 0 Å². The molecule has 0 bridgehead atoms. The topological polar surface area (TPSA) is 84.5 Å². The SMILES string of the molecule is CCOC(=O)NS(=O)(=O)NC(CBr)Cc1ccccc1. The van der Waals surface area contributed by atoms with Gasteiger partial charge in [0.15, 0.2) is 0 Å². The van der Waals surface area contributed by atoms with Crippen LogP contribution in [0, 0.1) is 0 Å². The van der Waals surface area contributed by atoms with Crippen LogP contribution in [0.25, 0.3) is 0 Å². The van der Waals surface area contributed by atoms with Gasteiger partial charge in [-0.2, -0.15) is 13.1 Å². The van der Waals surface area contributed by atoms with Gasteiger partial charge in [0.1, 0.15) is 0 Å². The molecule has 1 aromatic rings. The van der Waals surface area contributed by atoms with Gasteiger partial charge in [0.05, 0.1) is 6.61 Å². The molecule has 0 fully saturated rings. The molecule has 0 aliphatic rings. The van der Waals surface area contributed by atoms with E-state index in [9.17, 15) is 13.2 Å². The molecule has 0 aromatic heterocycles. The predicted octanol–water partition coefficient (Wildman–Crippen LogP) is 1.57. The standard InChI is InChI=1S/C12H17BrN2O4S/c1-2-19-12(16)15-20(17,18)14-11(9-13)8-10-6-4-3-5-7-10/h3-7,11,14H,2,8-9H2,1H3,(H,15,16). The van der Waals surface area contributed by atoms with Crippen LogP contribution in [0.1, 0.15) is 12.5 Å². The number of alkyl halides is 1. The first kappa shape index (κ1) is 16.9. The van der Waals surface area contributed by atoms with Crippen molar-refractivity contribution in [1.82, 2.24) is 9.44 Å². The number of halogens is 1. The fourth-order valence-electron chi connectivity index (χ4n) is 1.55. The van der Waals surface area contributed by atoms with Gasteiger partial charge in [-0.1, -0.05) is 46.3 Å². The van der Waals surface area contributed by atoms with Crippen LogP contribution in [-0.4, -0.2) is 32.5 Å². The Balaban J connectivity index is 2.61. The van der Waals surface area contributed by atoms with Crippen LogP contribution in [0.15, 0.2) is 30.3 Å². The summed E-state index contributed by atoms with van der Waals surface area (Å²) in [5, 5.41) is 0.422. The number of amides is 1. The molecule has 0 saturated heterocycles. The van der Waals surface area contributed by atoms with Crippen molar-refractivity contribution in [1.29, 1.82) is 0 Å². The van der Waals surface area contributed by atoms with Gasteiger partial charge >= 0.3 is 16.3 Å². The summed E-state index contributed by atoms with van der Waals surface area (Å²) in [6, 6.07) is 9.09. The van der Waals surface area contributed by atoms with Crippen molar-refractivity contribution < 1.29 is 17.9 Å². The van der Waals surface area contributed by atoms with Gasteiger partial charge in [-0.3, -0.25) is 0 Å².